The second kappa shape index (κ2) is 3.62. The lowest BCUT2D eigenvalue weighted by atomic mass is 10.1. The van der Waals surface area contributed by atoms with Crippen LogP contribution in [0.3, 0.4) is 0 Å². The standard InChI is InChI=1S/C8H7ClINO/c1-4-2-3-5(9)7(10)6(4)8(11)12/h2-3H,1H3,(H2,11,12). The predicted molar refractivity (Wildman–Crippen MR) is 57.4 cm³/mol. The van der Waals surface area contributed by atoms with Gasteiger partial charge in [0.15, 0.2) is 0 Å². The van der Waals surface area contributed by atoms with Crippen molar-refractivity contribution in [3.63, 3.8) is 0 Å². The van der Waals surface area contributed by atoms with Gasteiger partial charge in [-0.1, -0.05) is 17.7 Å². The molecule has 2 N–H and O–H groups in total. The number of rotatable bonds is 1. The van der Waals surface area contributed by atoms with Crippen LogP contribution in [0.5, 0.6) is 0 Å². The van der Waals surface area contributed by atoms with E-state index < -0.39 is 5.91 Å². The zero-order valence-electron chi connectivity index (χ0n) is 6.40. The molecule has 0 aromatic heterocycles. The summed E-state index contributed by atoms with van der Waals surface area (Å²) in [4.78, 5) is 11.0. The Kier molecular flexibility index (Phi) is 2.95. The molecule has 1 rings (SSSR count). The fourth-order valence-corrected chi connectivity index (χ4v) is 1.98. The minimum Gasteiger partial charge on any atom is -0.366 e. The molecule has 0 spiro atoms. The summed E-state index contributed by atoms with van der Waals surface area (Å²) in [6.07, 6.45) is 0. The van der Waals surface area contributed by atoms with Crippen LogP contribution in [0, 0.1) is 10.5 Å². The maximum atomic E-state index is 11.0. The average Bonchev–Trinajstić information content (AvgIpc) is 1.97. The van der Waals surface area contributed by atoms with Gasteiger partial charge in [-0.05, 0) is 41.1 Å². The molecule has 0 bridgehead atoms. The SMILES string of the molecule is Cc1ccc(Cl)c(I)c1C(N)=O. The summed E-state index contributed by atoms with van der Waals surface area (Å²) >= 11 is 7.83. The van der Waals surface area contributed by atoms with E-state index in [1.165, 1.54) is 0 Å². The number of amides is 1. The quantitative estimate of drug-likeness (QED) is 0.794. The predicted octanol–water partition coefficient (Wildman–Crippen LogP) is 2.35. The van der Waals surface area contributed by atoms with Crippen molar-refractivity contribution in [1.82, 2.24) is 0 Å². The minimum absolute atomic E-state index is 0.431. The molecule has 0 aliphatic heterocycles. The molecule has 0 aliphatic carbocycles. The Hall–Kier alpha value is -0.290. The van der Waals surface area contributed by atoms with E-state index in [-0.39, 0.29) is 0 Å². The Labute approximate surface area is 89.2 Å². The van der Waals surface area contributed by atoms with Crippen molar-refractivity contribution in [3.8, 4) is 0 Å². The lowest BCUT2D eigenvalue weighted by Crippen LogP contribution is -2.14. The number of aryl methyl sites for hydroxylation is 1. The van der Waals surface area contributed by atoms with Crippen molar-refractivity contribution < 1.29 is 4.79 Å². The van der Waals surface area contributed by atoms with Crippen LogP contribution in [0.15, 0.2) is 12.1 Å². The van der Waals surface area contributed by atoms with E-state index in [0.29, 0.717) is 10.6 Å². The highest BCUT2D eigenvalue weighted by atomic mass is 127. The van der Waals surface area contributed by atoms with Crippen LogP contribution in [0.2, 0.25) is 5.02 Å². The number of primary amides is 1. The molecule has 4 heteroatoms. The van der Waals surface area contributed by atoms with E-state index >= 15 is 0 Å². The van der Waals surface area contributed by atoms with Gasteiger partial charge in [-0.15, -0.1) is 0 Å². The van der Waals surface area contributed by atoms with Gasteiger partial charge in [0, 0.05) is 3.57 Å². The minimum atomic E-state index is -0.431. The largest absolute Gasteiger partial charge is 0.366 e. The zero-order valence-corrected chi connectivity index (χ0v) is 9.31. The Morgan fingerprint density at radius 2 is 2.17 bits per heavy atom. The van der Waals surface area contributed by atoms with Crippen molar-refractivity contribution in [1.29, 1.82) is 0 Å². The highest BCUT2D eigenvalue weighted by Crippen LogP contribution is 2.24. The number of nitrogens with two attached hydrogens (primary N) is 1. The third-order valence-electron chi connectivity index (χ3n) is 1.55. The number of hydrogen-bond donors (Lipinski definition) is 1. The lowest BCUT2D eigenvalue weighted by molar-refractivity contribution is 0.0999. The summed E-state index contributed by atoms with van der Waals surface area (Å²) in [5.74, 6) is -0.431. The van der Waals surface area contributed by atoms with Crippen molar-refractivity contribution >= 4 is 40.1 Å². The average molecular weight is 296 g/mol. The molecule has 12 heavy (non-hydrogen) atoms. The molecule has 1 aromatic rings. The third kappa shape index (κ3) is 1.72. The second-order valence-corrected chi connectivity index (χ2v) is 3.90. The summed E-state index contributed by atoms with van der Waals surface area (Å²) in [6, 6.07) is 3.54. The van der Waals surface area contributed by atoms with E-state index in [0.717, 1.165) is 9.13 Å². The zero-order chi connectivity index (χ0) is 9.30. The van der Waals surface area contributed by atoms with Gasteiger partial charge >= 0.3 is 0 Å². The van der Waals surface area contributed by atoms with Gasteiger partial charge in [0.05, 0.1) is 10.6 Å². The van der Waals surface area contributed by atoms with Crippen LogP contribution >= 0.6 is 34.2 Å². The normalized spacial score (nSPS) is 9.92. The number of benzene rings is 1. The Morgan fingerprint density at radius 1 is 1.58 bits per heavy atom. The molecule has 64 valence electrons. The molecule has 0 unspecified atom stereocenters. The number of carbonyl (C=O) groups is 1. The fourth-order valence-electron chi connectivity index (χ4n) is 0.950. The summed E-state index contributed by atoms with van der Waals surface area (Å²) < 4.78 is 0.724. The molecule has 2 nitrogen and oxygen atoms in total. The van der Waals surface area contributed by atoms with E-state index in [9.17, 15) is 4.79 Å². The van der Waals surface area contributed by atoms with Crippen molar-refractivity contribution in [2.24, 2.45) is 5.73 Å². The van der Waals surface area contributed by atoms with E-state index in [1.807, 2.05) is 29.5 Å². The number of halogens is 2. The first kappa shape index (κ1) is 9.80. The van der Waals surface area contributed by atoms with Crippen molar-refractivity contribution in [3.05, 3.63) is 31.9 Å². The van der Waals surface area contributed by atoms with E-state index in [2.05, 4.69) is 0 Å². The first-order valence-corrected chi connectivity index (χ1v) is 4.74. The van der Waals surface area contributed by atoms with Crippen molar-refractivity contribution in [2.45, 2.75) is 6.92 Å². The first-order valence-electron chi connectivity index (χ1n) is 3.28. The number of carbonyl (C=O) groups excluding carboxylic acids is 1. The molecule has 0 heterocycles. The van der Waals surface area contributed by atoms with Gasteiger partial charge < -0.3 is 5.73 Å². The molecular formula is C8H7ClINO. The molecule has 0 saturated carbocycles. The lowest BCUT2D eigenvalue weighted by Gasteiger charge is -2.05. The molecule has 0 atom stereocenters. The monoisotopic (exact) mass is 295 g/mol. The molecule has 0 aliphatic rings. The van der Waals surface area contributed by atoms with Crippen LogP contribution in [0.1, 0.15) is 15.9 Å². The van der Waals surface area contributed by atoms with Gasteiger partial charge in [-0.2, -0.15) is 0 Å². The third-order valence-corrected chi connectivity index (χ3v) is 3.30. The van der Waals surface area contributed by atoms with Gasteiger partial charge in [-0.3, -0.25) is 4.79 Å². The van der Waals surface area contributed by atoms with Crippen LogP contribution < -0.4 is 5.73 Å². The molecular weight excluding hydrogens is 288 g/mol. The molecule has 1 aromatic carbocycles. The molecule has 0 fully saturated rings. The Bertz CT molecular complexity index is 338. The van der Waals surface area contributed by atoms with Crippen LogP contribution in [-0.2, 0) is 0 Å². The second-order valence-electron chi connectivity index (χ2n) is 2.42. The highest BCUT2D eigenvalue weighted by molar-refractivity contribution is 14.1. The van der Waals surface area contributed by atoms with Gasteiger partial charge in [0.25, 0.3) is 0 Å². The Balaban J connectivity index is 3.43. The van der Waals surface area contributed by atoms with E-state index in [4.69, 9.17) is 17.3 Å². The molecule has 0 saturated heterocycles. The van der Waals surface area contributed by atoms with E-state index in [1.54, 1.807) is 12.1 Å². The highest BCUT2D eigenvalue weighted by Gasteiger charge is 2.11. The summed E-state index contributed by atoms with van der Waals surface area (Å²) in [6.45, 7) is 1.83. The maximum Gasteiger partial charge on any atom is 0.250 e. The first-order chi connectivity index (χ1) is 5.54. The summed E-state index contributed by atoms with van der Waals surface area (Å²) in [5, 5.41) is 0.565. The topological polar surface area (TPSA) is 43.1 Å². The summed E-state index contributed by atoms with van der Waals surface area (Å²) in [5.41, 5.74) is 6.56. The molecule has 0 radical (unpaired) electrons. The molecule has 1 amide bonds. The van der Waals surface area contributed by atoms with Gasteiger partial charge in [-0.25, -0.2) is 0 Å². The Morgan fingerprint density at radius 3 is 2.58 bits per heavy atom. The smallest absolute Gasteiger partial charge is 0.250 e. The van der Waals surface area contributed by atoms with Gasteiger partial charge in [0.2, 0.25) is 5.91 Å². The number of hydrogen-bond acceptors (Lipinski definition) is 1. The maximum absolute atomic E-state index is 11.0. The van der Waals surface area contributed by atoms with Crippen molar-refractivity contribution in [2.75, 3.05) is 0 Å². The summed E-state index contributed by atoms with van der Waals surface area (Å²) in [7, 11) is 0. The van der Waals surface area contributed by atoms with Crippen LogP contribution in [-0.4, -0.2) is 5.91 Å². The van der Waals surface area contributed by atoms with Gasteiger partial charge in [0.1, 0.15) is 0 Å². The van der Waals surface area contributed by atoms with Crippen LogP contribution in [0.25, 0.3) is 0 Å². The van der Waals surface area contributed by atoms with Crippen LogP contribution in [0.4, 0.5) is 0 Å². The fraction of sp³-hybridized carbons (Fsp3) is 0.125.